The predicted octanol–water partition coefficient (Wildman–Crippen LogP) is 5.07. The number of nitrogens with zero attached hydrogens (tertiary/aromatic N) is 1. The van der Waals surface area contributed by atoms with Gasteiger partial charge in [0.15, 0.2) is 5.69 Å². The molecule has 0 spiro atoms. The van der Waals surface area contributed by atoms with Crippen LogP contribution >= 0.6 is 0 Å². The molecule has 0 heterocycles. The van der Waals surface area contributed by atoms with E-state index in [1.54, 1.807) is 6.07 Å². The molecule has 20 heavy (non-hydrogen) atoms. The summed E-state index contributed by atoms with van der Waals surface area (Å²) >= 11 is 0. The van der Waals surface area contributed by atoms with Gasteiger partial charge in [0.25, 0.3) is 0 Å². The van der Waals surface area contributed by atoms with E-state index in [2.05, 4.69) is 4.85 Å². The summed E-state index contributed by atoms with van der Waals surface area (Å²) in [6.07, 6.45) is 0. The lowest BCUT2D eigenvalue weighted by molar-refractivity contribution is 0.471. The minimum absolute atomic E-state index is 0.278. The van der Waals surface area contributed by atoms with Crippen molar-refractivity contribution in [3.8, 4) is 16.9 Å². The second-order valence-electron chi connectivity index (χ2n) is 4.83. The standard InChI is InChI=1S/C18H13NO/c1-12-7-8-14(10-18(12)20)17-11-15(19-2)9-13-5-3-4-6-16(13)17/h3-11,20H,1H3. The number of phenolic OH excluding ortho intramolecular Hbond substituents is 1. The van der Waals surface area contributed by atoms with Crippen LogP contribution in [0.25, 0.3) is 26.7 Å². The molecule has 0 aliphatic rings. The Morgan fingerprint density at radius 3 is 2.55 bits per heavy atom. The van der Waals surface area contributed by atoms with Gasteiger partial charge >= 0.3 is 0 Å². The maximum atomic E-state index is 9.90. The van der Waals surface area contributed by atoms with Crippen molar-refractivity contribution >= 4 is 16.5 Å². The molecule has 0 saturated heterocycles. The predicted molar refractivity (Wildman–Crippen MR) is 82.0 cm³/mol. The van der Waals surface area contributed by atoms with Crippen LogP contribution in [-0.2, 0) is 0 Å². The lowest BCUT2D eigenvalue weighted by Gasteiger charge is -2.09. The third-order valence-corrected chi connectivity index (χ3v) is 3.50. The molecule has 3 rings (SSSR count). The highest BCUT2D eigenvalue weighted by atomic mass is 16.3. The first kappa shape index (κ1) is 12.3. The smallest absolute Gasteiger partial charge is 0.188 e. The van der Waals surface area contributed by atoms with E-state index in [-0.39, 0.29) is 5.75 Å². The molecule has 0 aliphatic carbocycles. The van der Waals surface area contributed by atoms with Crippen LogP contribution < -0.4 is 0 Å². The Morgan fingerprint density at radius 2 is 1.80 bits per heavy atom. The van der Waals surface area contributed by atoms with Crippen LogP contribution in [0.1, 0.15) is 5.56 Å². The van der Waals surface area contributed by atoms with Crippen molar-refractivity contribution in [2.75, 3.05) is 0 Å². The van der Waals surface area contributed by atoms with E-state index in [0.29, 0.717) is 5.69 Å². The van der Waals surface area contributed by atoms with Crippen LogP contribution in [0.15, 0.2) is 54.6 Å². The fourth-order valence-electron chi connectivity index (χ4n) is 2.38. The Morgan fingerprint density at radius 1 is 1.00 bits per heavy atom. The highest BCUT2D eigenvalue weighted by molar-refractivity contribution is 5.99. The van der Waals surface area contributed by atoms with Crippen LogP contribution in [0.5, 0.6) is 5.75 Å². The molecule has 0 amide bonds. The number of phenols is 1. The van der Waals surface area contributed by atoms with E-state index in [9.17, 15) is 5.11 Å². The SMILES string of the molecule is [C-]#[N+]c1cc(-c2ccc(C)c(O)c2)c2ccccc2c1. The van der Waals surface area contributed by atoms with Gasteiger partial charge in [-0.05, 0) is 52.6 Å². The number of aromatic hydroxyl groups is 1. The Kier molecular flexibility index (Phi) is 2.89. The van der Waals surface area contributed by atoms with Crippen LogP contribution in [0.4, 0.5) is 5.69 Å². The summed E-state index contributed by atoms with van der Waals surface area (Å²) in [7, 11) is 0. The first-order valence-electron chi connectivity index (χ1n) is 6.39. The molecule has 0 aromatic heterocycles. The lowest BCUT2D eigenvalue weighted by Crippen LogP contribution is -1.83. The molecule has 0 fully saturated rings. The molecule has 2 nitrogen and oxygen atoms in total. The Bertz CT molecular complexity index is 844. The Hall–Kier alpha value is -2.79. The fourth-order valence-corrected chi connectivity index (χ4v) is 2.38. The number of hydrogen-bond donors (Lipinski definition) is 1. The Labute approximate surface area is 117 Å². The monoisotopic (exact) mass is 259 g/mol. The van der Waals surface area contributed by atoms with Crippen LogP contribution in [-0.4, -0.2) is 5.11 Å². The second-order valence-corrected chi connectivity index (χ2v) is 4.83. The van der Waals surface area contributed by atoms with E-state index in [0.717, 1.165) is 27.5 Å². The third-order valence-electron chi connectivity index (χ3n) is 3.50. The number of aryl methyl sites for hydroxylation is 1. The zero-order chi connectivity index (χ0) is 14.1. The topological polar surface area (TPSA) is 24.6 Å². The summed E-state index contributed by atoms with van der Waals surface area (Å²) in [6, 6.07) is 17.4. The number of rotatable bonds is 1. The molecule has 2 heteroatoms. The molecule has 0 radical (unpaired) electrons. The van der Waals surface area contributed by atoms with Gasteiger partial charge < -0.3 is 5.11 Å². The van der Waals surface area contributed by atoms with Gasteiger partial charge in [-0.3, -0.25) is 0 Å². The zero-order valence-corrected chi connectivity index (χ0v) is 11.1. The van der Waals surface area contributed by atoms with Gasteiger partial charge in [0.1, 0.15) is 5.75 Å². The molecule has 1 N–H and O–H groups in total. The van der Waals surface area contributed by atoms with Gasteiger partial charge in [0.2, 0.25) is 0 Å². The molecule has 0 atom stereocenters. The van der Waals surface area contributed by atoms with E-state index in [1.165, 1.54) is 0 Å². The number of benzene rings is 3. The molecular formula is C18H13NO. The van der Waals surface area contributed by atoms with Crippen molar-refractivity contribution in [2.45, 2.75) is 6.92 Å². The largest absolute Gasteiger partial charge is 0.508 e. The summed E-state index contributed by atoms with van der Waals surface area (Å²) in [5.41, 5.74) is 3.36. The van der Waals surface area contributed by atoms with Gasteiger partial charge in [-0.15, -0.1) is 0 Å². The molecular weight excluding hydrogens is 246 g/mol. The average Bonchev–Trinajstić information content (AvgIpc) is 2.49. The summed E-state index contributed by atoms with van der Waals surface area (Å²) in [6.45, 7) is 9.10. The highest BCUT2D eigenvalue weighted by Crippen LogP contribution is 2.35. The molecule has 96 valence electrons. The van der Waals surface area contributed by atoms with Crippen molar-refractivity contribution in [3.05, 3.63) is 71.6 Å². The molecule has 0 unspecified atom stereocenters. The van der Waals surface area contributed by atoms with Gasteiger partial charge in [-0.1, -0.05) is 36.4 Å². The minimum Gasteiger partial charge on any atom is -0.508 e. The highest BCUT2D eigenvalue weighted by Gasteiger charge is 2.07. The van der Waals surface area contributed by atoms with Gasteiger partial charge in [0.05, 0.1) is 6.57 Å². The molecule has 0 aliphatic heterocycles. The van der Waals surface area contributed by atoms with E-state index >= 15 is 0 Å². The van der Waals surface area contributed by atoms with Crippen molar-refractivity contribution in [1.82, 2.24) is 0 Å². The number of hydrogen-bond acceptors (Lipinski definition) is 1. The normalized spacial score (nSPS) is 10.4. The van der Waals surface area contributed by atoms with E-state index < -0.39 is 0 Å². The minimum atomic E-state index is 0.278. The summed E-state index contributed by atoms with van der Waals surface area (Å²) < 4.78 is 0. The van der Waals surface area contributed by atoms with Crippen molar-refractivity contribution in [2.24, 2.45) is 0 Å². The average molecular weight is 259 g/mol. The summed E-state index contributed by atoms with van der Waals surface area (Å²) in [5, 5.41) is 12.0. The lowest BCUT2D eigenvalue weighted by atomic mass is 9.96. The van der Waals surface area contributed by atoms with Crippen molar-refractivity contribution in [3.63, 3.8) is 0 Å². The first-order valence-corrected chi connectivity index (χ1v) is 6.39. The first-order chi connectivity index (χ1) is 9.69. The van der Waals surface area contributed by atoms with Gasteiger partial charge in [-0.25, -0.2) is 4.85 Å². The quantitative estimate of drug-likeness (QED) is 0.606. The van der Waals surface area contributed by atoms with Gasteiger partial charge in [0, 0.05) is 0 Å². The summed E-state index contributed by atoms with van der Waals surface area (Å²) in [5.74, 6) is 0.278. The fraction of sp³-hybridized carbons (Fsp3) is 0.0556. The second kappa shape index (κ2) is 4.71. The molecule has 3 aromatic carbocycles. The third kappa shape index (κ3) is 2.00. The van der Waals surface area contributed by atoms with Crippen LogP contribution in [0.3, 0.4) is 0 Å². The Balaban J connectivity index is 2.34. The zero-order valence-electron chi connectivity index (χ0n) is 11.1. The van der Waals surface area contributed by atoms with E-state index in [4.69, 9.17) is 6.57 Å². The molecule has 0 saturated carbocycles. The van der Waals surface area contributed by atoms with Crippen LogP contribution in [0, 0.1) is 13.5 Å². The van der Waals surface area contributed by atoms with Crippen molar-refractivity contribution in [1.29, 1.82) is 0 Å². The summed E-state index contributed by atoms with van der Waals surface area (Å²) in [4.78, 5) is 3.53. The van der Waals surface area contributed by atoms with E-state index in [1.807, 2.05) is 55.5 Å². The maximum absolute atomic E-state index is 9.90. The maximum Gasteiger partial charge on any atom is 0.188 e. The molecule has 0 bridgehead atoms. The van der Waals surface area contributed by atoms with Gasteiger partial charge in [-0.2, -0.15) is 0 Å². The van der Waals surface area contributed by atoms with Crippen molar-refractivity contribution < 1.29 is 5.11 Å². The number of fused-ring (bicyclic) bond motifs is 1. The molecule has 3 aromatic rings. The van der Waals surface area contributed by atoms with Crippen LogP contribution in [0.2, 0.25) is 0 Å².